The van der Waals surface area contributed by atoms with Crippen molar-refractivity contribution < 1.29 is 9.53 Å². The number of aliphatic imine (C=N–C) groups is 1. The molecule has 2 N–H and O–H groups in total. The van der Waals surface area contributed by atoms with E-state index in [1.807, 2.05) is 6.07 Å². The molecule has 0 saturated heterocycles. The third-order valence-corrected chi connectivity index (χ3v) is 3.32. The number of nitrogens with zero attached hydrogens (tertiary/aromatic N) is 3. The summed E-state index contributed by atoms with van der Waals surface area (Å²) < 4.78 is 5.10. The Morgan fingerprint density at radius 3 is 2.86 bits per heavy atom. The Bertz CT molecular complexity index is 697. The van der Waals surface area contributed by atoms with Crippen molar-refractivity contribution in [1.82, 2.24) is 4.90 Å². The van der Waals surface area contributed by atoms with Gasteiger partial charge in [-0.15, -0.1) is 6.42 Å². The summed E-state index contributed by atoms with van der Waals surface area (Å²) in [5.41, 5.74) is 6.88. The lowest BCUT2D eigenvalue weighted by Crippen LogP contribution is -2.39. The lowest BCUT2D eigenvalue weighted by atomic mass is 10.0. The molecular weight excluding hydrogens is 268 g/mol. The van der Waals surface area contributed by atoms with Crippen LogP contribution in [0.5, 0.6) is 5.75 Å². The van der Waals surface area contributed by atoms with Crippen molar-refractivity contribution in [3.63, 3.8) is 0 Å². The zero-order valence-corrected chi connectivity index (χ0v) is 11.7. The van der Waals surface area contributed by atoms with Crippen molar-refractivity contribution in [3.05, 3.63) is 29.3 Å². The van der Waals surface area contributed by atoms with Crippen molar-refractivity contribution in [2.24, 2.45) is 10.7 Å². The quantitative estimate of drug-likeness (QED) is 0.849. The van der Waals surface area contributed by atoms with Crippen LogP contribution in [-0.4, -0.2) is 29.9 Å². The molecule has 0 fully saturated rings. The highest BCUT2D eigenvalue weighted by molar-refractivity contribution is 6.03. The first-order valence-electron chi connectivity index (χ1n) is 6.24. The van der Waals surface area contributed by atoms with Gasteiger partial charge < -0.3 is 10.5 Å². The third kappa shape index (κ3) is 2.39. The lowest BCUT2D eigenvalue weighted by molar-refractivity contribution is 0.199. The summed E-state index contributed by atoms with van der Waals surface area (Å²) in [7, 11) is 1.48. The number of nitriles is 1. The van der Waals surface area contributed by atoms with E-state index in [1.165, 1.54) is 12.0 Å². The molecule has 1 aromatic rings. The lowest BCUT2D eigenvalue weighted by Gasteiger charge is -2.27. The van der Waals surface area contributed by atoms with Gasteiger partial charge in [0, 0.05) is 0 Å². The third-order valence-electron chi connectivity index (χ3n) is 3.32. The Balaban J connectivity index is 2.49. The summed E-state index contributed by atoms with van der Waals surface area (Å²) in [5.74, 6) is 3.11. The molecule has 2 amide bonds. The van der Waals surface area contributed by atoms with Crippen molar-refractivity contribution in [2.75, 3.05) is 7.11 Å². The van der Waals surface area contributed by atoms with Gasteiger partial charge >= 0.3 is 6.03 Å². The van der Waals surface area contributed by atoms with Gasteiger partial charge in [-0.3, -0.25) is 4.90 Å². The van der Waals surface area contributed by atoms with Crippen LogP contribution in [0, 0.1) is 23.7 Å². The van der Waals surface area contributed by atoms with Crippen LogP contribution in [0.2, 0.25) is 0 Å². The molecule has 106 valence electrons. The van der Waals surface area contributed by atoms with Crippen molar-refractivity contribution in [2.45, 2.75) is 19.0 Å². The van der Waals surface area contributed by atoms with Gasteiger partial charge in [0.15, 0.2) is 0 Å². The molecule has 6 nitrogen and oxygen atoms in total. The molecule has 1 aliphatic heterocycles. The van der Waals surface area contributed by atoms with Crippen LogP contribution in [0.1, 0.15) is 24.1 Å². The van der Waals surface area contributed by atoms with Gasteiger partial charge in [-0.25, -0.2) is 4.79 Å². The number of terminal acetylenes is 1. The van der Waals surface area contributed by atoms with E-state index in [9.17, 15) is 4.79 Å². The highest BCUT2D eigenvalue weighted by Crippen LogP contribution is 2.31. The van der Waals surface area contributed by atoms with Gasteiger partial charge in [-0.05, 0) is 24.6 Å². The minimum atomic E-state index is -0.568. The standard InChI is InChI=1S/C15H14N4O2/c1-4-9(2)19-13(14(17)18-15(19)20)10-5-6-12(21-3)11(7-10)8-16/h1,5-7,9,13H,2-3H3,(H2,17,18,20). The number of methoxy groups -OCH3 is 1. The number of urea groups is 1. The molecule has 21 heavy (non-hydrogen) atoms. The number of carbonyl (C=O) groups excluding carboxylic acids is 1. The smallest absolute Gasteiger partial charge is 0.347 e. The number of nitrogens with two attached hydrogens (primary N) is 1. The zero-order chi connectivity index (χ0) is 15.6. The normalized spacial score (nSPS) is 18.7. The van der Waals surface area contributed by atoms with E-state index in [1.54, 1.807) is 25.1 Å². The largest absolute Gasteiger partial charge is 0.495 e. The molecule has 0 bridgehead atoms. The fraction of sp³-hybridized carbons (Fsp3) is 0.267. The monoisotopic (exact) mass is 282 g/mol. The van der Waals surface area contributed by atoms with Crippen LogP contribution in [0.4, 0.5) is 4.79 Å². The summed E-state index contributed by atoms with van der Waals surface area (Å²) in [5, 5.41) is 9.15. The second-order valence-electron chi connectivity index (χ2n) is 4.54. The minimum absolute atomic E-state index is 0.163. The second kappa shape index (κ2) is 5.56. The Labute approximate surface area is 122 Å². The van der Waals surface area contributed by atoms with Crippen LogP contribution < -0.4 is 10.5 Å². The summed E-state index contributed by atoms with van der Waals surface area (Å²) in [6.07, 6.45) is 5.39. The van der Waals surface area contributed by atoms with Crippen molar-refractivity contribution in [3.8, 4) is 24.2 Å². The number of benzene rings is 1. The molecule has 6 heteroatoms. The number of amidine groups is 1. The highest BCUT2D eigenvalue weighted by Gasteiger charge is 2.37. The Hall–Kier alpha value is -2.99. The SMILES string of the molecule is C#CC(C)N1C(=O)N=C(N)C1c1ccc(OC)c(C#N)c1. The minimum Gasteiger partial charge on any atom is -0.495 e. The van der Waals surface area contributed by atoms with E-state index in [-0.39, 0.29) is 5.84 Å². The fourth-order valence-corrected chi connectivity index (χ4v) is 2.27. The molecular formula is C15H14N4O2. The van der Waals surface area contributed by atoms with Gasteiger partial charge in [-0.2, -0.15) is 10.3 Å². The number of amides is 2. The maximum absolute atomic E-state index is 11.9. The van der Waals surface area contributed by atoms with E-state index in [4.69, 9.17) is 22.2 Å². The first-order valence-corrected chi connectivity index (χ1v) is 6.24. The Morgan fingerprint density at radius 1 is 1.57 bits per heavy atom. The van der Waals surface area contributed by atoms with Crippen LogP contribution >= 0.6 is 0 Å². The number of ether oxygens (including phenoxy) is 1. The van der Waals surface area contributed by atoms with Crippen LogP contribution in [-0.2, 0) is 0 Å². The molecule has 2 atom stereocenters. The summed E-state index contributed by atoms with van der Waals surface area (Å²) in [6.45, 7) is 1.72. The molecule has 1 heterocycles. The van der Waals surface area contributed by atoms with Gasteiger partial charge in [0.25, 0.3) is 0 Å². The van der Waals surface area contributed by atoms with Crippen LogP contribution in [0.15, 0.2) is 23.2 Å². The second-order valence-corrected chi connectivity index (χ2v) is 4.54. The van der Waals surface area contributed by atoms with E-state index in [2.05, 4.69) is 10.9 Å². The van der Waals surface area contributed by atoms with Gasteiger partial charge in [-0.1, -0.05) is 12.0 Å². The average molecular weight is 282 g/mol. The zero-order valence-electron chi connectivity index (χ0n) is 11.7. The highest BCUT2D eigenvalue weighted by atomic mass is 16.5. The van der Waals surface area contributed by atoms with E-state index in [0.717, 1.165) is 0 Å². The van der Waals surface area contributed by atoms with E-state index in [0.29, 0.717) is 16.9 Å². The number of hydrogen-bond acceptors (Lipinski definition) is 4. The Morgan fingerprint density at radius 2 is 2.29 bits per heavy atom. The van der Waals surface area contributed by atoms with Crippen LogP contribution in [0.3, 0.4) is 0 Å². The van der Waals surface area contributed by atoms with Crippen molar-refractivity contribution >= 4 is 11.9 Å². The van der Waals surface area contributed by atoms with Gasteiger partial charge in [0.1, 0.15) is 23.7 Å². The van der Waals surface area contributed by atoms with Gasteiger partial charge in [0.2, 0.25) is 0 Å². The molecule has 0 aromatic heterocycles. The molecule has 0 aliphatic carbocycles. The van der Waals surface area contributed by atoms with Gasteiger partial charge in [0.05, 0.1) is 18.7 Å². The first kappa shape index (κ1) is 14.4. The molecule has 2 rings (SSSR count). The maximum atomic E-state index is 11.9. The van der Waals surface area contributed by atoms with Crippen LogP contribution in [0.25, 0.3) is 0 Å². The summed E-state index contributed by atoms with van der Waals surface area (Å²) in [6, 6.07) is 5.56. The summed E-state index contributed by atoms with van der Waals surface area (Å²) in [4.78, 5) is 17.1. The maximum Gasteiger partial charge on any atom is 0.347 e. The molecule has 0 radical (unpaired) electrons. The topological polar surface area (TPSA) is 91.7 Å². The summed E-state index contributed by atoms with van der Waals surface area (Å²) >= 11 is 0. The molecule has 0 spiro atoms. The van der Waals surface area contributed by atoms with E-state index < -0.39 is 18.1 Å². The Kier molecular flexibility index (Phi) is 3.82. The number of rotatable bonds is 3. The number of carbonyl (C=O) groups is 1. The molecule has 1 aromatic carbocycles. The van der Waals surface area contributed by atoms with E-state index >= 15 is 0 Å². The average Bonchev–Trinajstić information content (AvgIpc) is 2.80. The van der Waals surface area contributed by atoms with Crippen molar-refractivity contribution in [1.29, 1.82) is 5.26 Å². The first-order chi connectivity index (χ1) is 10.0. The number of hydrogen-bond donors (Lipinski definition) is 1. The molecule has 2 unspecified atom stereocenters. The molecule has 0 saturated carbocycles. The predicted octanol–water partition coefficient (Wildman–Crippen LogP) is 1.42. The molecule has 1 aliphatic rings. The fourth-order valence-electron chi connectivity index (χ4n) is 2.27. The predicted molar refractivity (Wildman–Crippen MR) is 77.6 cm³/mol.